The van der Waals surface area contributed by atoms with Crippen molar-refractivity contribution in [3.63, 3.8) is 0 Å². The molecule has 2 aromatic carbocycles. The first-order valence-corrected chi connectivity index (χ1v) is 12.1. The van der Waals surface area contributed by atoms with E-state index >= 15 is 0 Å². The first-order chi connectivity index (χ1) is 15.8. The minimum absolute atomic E-state index is 0.145. The minimum Gasteiger partial charge on any atom is -0.493 e. The molecule has 0 radical (unpaired) electrons. The molecule has 0 unspecified atom stereocenters. The molecule has 1 heterocycles. The van der Waals surface area contributed by atoms with Crippen LogP contribution in [0.2, 0.25) is 0 Å². The Bertz CT molecular complexity index is 1200. The van der Waals surface area contributed by atoms with Gasteiger partial charge in [0.25, 0.3) is 5.91 Å². The normalized spacial score (nSPS) is 11.2. The molecule has 2 N–H and O–H groups in total. The number of carbonyl (C=O) groups excluding carboxylic acids is 1. The predicted octanol–water partition coefficient (Wildman–Crippen LogP) is 2.65. The number of methoxy groups -OCH3 is 3. The van der Waals surface area contributed by atoms with Gasteiger partial charge in [-0.2, -0.15) is 0 Å². The number of aromatic nitrogens is 2. The summed E-state index contributed by atoms with van der Waals surface area (Å²) < 4.78 is 43.1. The van der Waals surface area contributed by atoms with Crippen LogP contribution in [-0.2, 0) is 16.4 Å². The van der Waals surface area contributed by atoms with Crippen molar-refractivity contribution >= 4 is 32.4 Å². The van der Waals surface area contributed by atoms with E-state index in [2.05, 4.69) is 20.2 Å². The number of anilines is 1. The molecule has 0 spiro atoms. The molecular weight excluding hydrogens is 468 g/mol. The van der Waals surface area contributed by atoms with Crippen LogP contribution in [0.5, 0.6) is 17.2 Å². The highest BCUT2D eigenvalue weighted by Gasteiger charge is 2.18. The van der Waals surface area contributed by atoms with Crippen LogP contribution < -0.4 is 24.2 Å². The van der Waals surface area contributed by atoms with Gasteiger partial charge < -0.3 is 14.2 Å². The molecule has 0 atom stereocenters. The van der Waals surface area contributed by atoms with Gasteiger partial charge >= 0.3 is 0 Å². The van der Waals surface area contributed by atoms with E-state index in [-0.39, 0.29) is 22.1 Å². The topological polar surface area (TPSA) is 129 Å². The number of ether oxygens (including phenoxy) is 3. The van der Waals surface area contributed by atoms with Crippen molar-refractivity contribution in [2.75, 3.05) is 33.2 Å². The molecule has 10 nitrogen and oxygen atoms in total. The monoisotopic (exact) mass is 492 g/mol. The van der Waals surface area contributed by atoms with Crippen LogP contribution in [0.25, 0.3) is 0 Å². The van der Waals surface area contributed by atoms with Crippen LogP contribution in [0.1, 0.15) is 20.9 Å². The van der Waals surface area contributed by atoms with Gasteiger partial charge in [-0.25, -0.2) is 13.1 Å². The maximum atomic E-state index is 12.7. The van der Waals surface area contributed by atoms with Gasteiger partial charge in [0.2, 0.25) is 20.9 Å². The smallest absolute Gasteiger partial charge is 0.257 e. The molecule has 12 heteroatoms. The lowest BCUT2D eigenvalue weighted by atomic mass is 10.1. The highest BCUT2D eigenvalue weighted by molar-refractivity contribution is 7.89. The Hall–Kier alpha value is -3.22. The van der Waals surface area contributed by atoms with Crippen molar-refractivity contribution in [3.05, 3.63) is 52.5 Å². The fourth-order valence-corrected chi connectivity index (χ4v) is 4.65. The van der Waals surface area contributed by atoms with Gasteiger partial charge in [0.05, 0.1) is 26.2 Å². The largest absolute Gasteiger partial charge is 0.493 e. The van der Waals surface area contributed by atoms with E-state index in [1.807, 2.05) is 6.92 Å². The van der Waals surface area contributed by atoms with Crippen LogP contribution >= 0.6 is 11.3 Å². The van der Waals surface area contributed by atoms with Crippen LogP contribution in [0.4, 0.5) is 5.13 Å². The summed E-state index contributed by atoms with van der Waals surface area (Å²) in [6, 6.07) is 9.64. The average molecular weight is 493 g/mol. The van der Waals surface area contributed by atoms with Crippen LogP contribution in [-0.4, -0.2) is 52.4 Å². The molecule has 1 amide bonds. The highest BCUT2D eigenvalue weighted by Crippen LogP contribution is 2.38. The number of hydrogen-bond acceptors (Lipinski definition) is 9. The number of aryl methyl sites for hydroxylation is 1. The second-order valence-corrected chi connectivity index (χ2v) is 9.66. The summed E-state index contributed by atoms with van der Waals surface area (Å²) in [5.41, 5.74) is 1.26. The van der Waals surface area contributed by atoms with E-state index in [4.69, 9.17) is 14.2 Å². The number of nitrogens with one attached hydrogen (secondary N) is 2. The summed E-state index contributed by atoms with van der Waals surface area (Å²) in [6.45, 7) is 2.03. The standard InChI is InChI=1S/C21H24N4O6S2/c1-13-5-7-15(8-6-13)33(27,28)22-10-9-18-24-25-21(32-18)23-20(26)14-11-16(29-2)19(31-4)17(12-14)30-3/h5-8,11-12,22H,9-10H2,1-4H3,(H,23,25,26). The number of sulfonamides is 1. The lowest BCUT2D eigenvalue weighted by Crippen LogP contribution is -2.25. The number of hydrogen-bond donors (Lipinski definition) is 2. The van der Waals surface area contributed by atoms with Crippen LogP contribution in [0.15, 0.2) is 41.3 Å². The van der Waals surface area contributed by atoms with Gasteiger partial charge in [-0.3, -0.25) is 10.1 Å². The average Bonchev–Trinajstić information content (AvgIpc) is 3.25. The lowest BCUT2D eigenvalue weighted by Gasteiger charge is -2.13. The zero-order valence-electron chi connectivity index (χ0n) is 18.5. The number of benzene rings is 2. The van der Waals surface area contributed by atoms with Gasteiger partial charge in [-0.1, -0.05) is 29.0 Å². The van der Waals surface area contributed by atoms with Crippen molar-refractivity contribution in [3.8, 4) is 17.2 Å². The summed E-state index contributed by atoms with van der Waals surface area (Å²) in [5.74, 6) is 0.640. The Morgan fingerprint density at radius 1 is 1.00 bits per heavy atom. The van der Waals surface area contributed by atoms with E-state index in [0.29, 0.717) is 28.7 Å². The Labute approximate surface area is 196 Å². The van der Waals surface area contributed by atoms with Gasteiger partial charge in [0.1, 0.15) is 5.01 Å². The van der Waals surface area contributed by atoms with Crippen LogP contribution in [0.3, 0.4) is 0 Å². The van der Waals surface area contributed by atoms with E-state index < -0.39 is 15.9 Å². The molecule has 176 valence electrons. The predicted molar refractivity (Wildman–Crippen MR) is 124 cm³/mol. The number of amides is 1. The van der Waals surface area contributed by atoms with E-state index in [1.54, 1.807) is 24.3 Å². The third-order valence-electron chi connectivity index (χ3n) is 4.58. The third-order valence-corrected chi connectivity index (χ3v) is 6.95. The van der Waals surface area contributed by atoms with Crippen molar-refractivity contribution in [2.24, 2.45) is 0 Å². The molecule has 0 aliphatic heterocycles. The lowest BCUT2D eigenvalue weighted by molar-refractivity contribution is 0.102. The molecular formula is C21H24N4O6S2. The maximum Gasteiger partial charge on any atom is 0.257 e. The molecule has 3 aromatic rings. The molecule has 3 rings (SSSR count). The first kappa shape index (κ1) is 24.4. The Morgan fingerprint density at radius 2 is 1.64 bits per heavy atom. The fraction of sp³-hybridized carbons (Fsp3) is 0.286. The summed E-state index contributed by atoms with van der Waals surface area (Å²) in [7, 11) is 0.787. The van der Waals surface area contributed by atoms with E-state index in [0.717, 1.165) is 16.9 Å². The number of carbonyl (C=O) groups is 1. The van der Waals surface area contributed by atoms with Crippen molar-refractivity contribution < 1.29 is 27.4 Å². The van der Waals surface area contributed by atoms with Gasteiger partial charge in [0, 0.05) is 18.5 Å². The maximum absolute atomic E-state index is 12.7. The molecule has 0 saturated carbocycles. The van der Waals surface area contributed by atoms with Crippen molar-refractivity contribution in [1.29, 1.82) is 0 Å². The SMILES string of the molecule is COc1cc(C(=O)Nc2nnc(CCNS(=O)(=O)c3ccc(C)cc3)s2)cc(OC)c1OC. The number of rotatable bonds is 10. The van der Waals surface area contributed by atoms with Gasteiger partial charge in [-0.15, -0.1) is 10.2 Å². The molecule has 0 saturated heterocycles. The molecule has 33 heavy (non-hydrogen) atoms. The summed E-state index contributed by atoms with van der Waals surface area (Å²) in [5, 5.41) is 11.5. The molecule has 0 aliphatic rings. The highest BCUT2D eigenvalue weighted by atomic mass is 32.2. The van der Waals surface area contributed by atoms with E-state index in [9.17, 15) is 13.2 Å². The molecule has 1 aromatic heterocycles. The second kappa shape index (κ2) is 10.6. The Kier molecular flexibility index (Phi) is 7.84. The van der Waals surface area contributed by atoms with E-state index in [1.165, 1.54) is 33.5 Å². The zero-order chi connectivity index (χ0) is 24.0. The van der Waals surface area contributed by atoms with Crippen molar-refractivity contribution in [2.45, 2.75) is 18.2 Å². The summed E-state index contributed by atoms with van der Waals surface area (Å²) in [4.78, 5) is 12.9. The first-order valence-electron chi connectivity index (χ1n) is 9.77. The molecule has 0 bridgehead atoms. The molecule has 0 aliphatic carbocycles. The van der Waals surface area contributed by atoms with Crippen LogP contribution in [0, 0.1) is 6.92 Å². The zero-order valence-corrected chi connectivity index (χ0v) is 20.2. The quantitative estimate of drug-likeness (QED) is 0.442. The second-order valence-electron chi connectivity index (χ2n) is 6.83. The minimum atomic E-state index is -3.61. The van der Waals surface area contributed by atoms with Gasteiger partial charge in [-0.05, 0) is 31.2 Å². The Balaban J connectivity index is 1.62. The van der Waals surface area contributed by atoms with Gasteiger partial charge in [0.15, 0.2) is 11.5 Å². The fourth-order valence-electron chi connectivity index (χ4n) is 2.88. The van der Waals surface area contributed by atoms with Crippen molar-refractivity contribution in [1.82, 2.24) is 14.9 Å². The number of nitrogens with zero attached hydrogens (tertiary/aromatic N) is 2. The summed E-state index contributed by atoms with van der Waals surface area (Å²) in [6.07, 6.45) is 0.322. The Morgan fingerprint density at radius 3 is 2.21 bits per heavy atom. The third kappa shape index (κ3) is 5.97. The molecule has 0 fully saturated rings. The summed E-state index contributed by atoms with van der Waals surface area (Å²) >= 11 is 1.16.